The first kappa shape index (κ1) is 13.2. The standard InChI is InChI=1S/C16H14N2O3/c1-19-13-10-6-9-12(14(13)20-2)16-18-17-15(21-16)11-7-4-3-5-8-11/h3-10H,1-2H3. The quantitative estimate of drug-likeness (QED) is 0.733. The van der Waals surface area contributed by atoms with E-state index < -0.39 is 0 Å². The third-order valence-electron chi connectivity index (χ3n) is 3.08. The second kappa shape index (κ2) is 5.66. The summed E-state index contributed by atoms with van der Waals surface area (Å²) in [5.41, 5.74) is 1.57. The van der Waals surface area contributed by atoms with Gasteiger partial charge in [0.2, 0.25) is 5.89 Å². The van der Waals surface area contributed by atoms with E-state index in [1.54, 1.807) is 14.2 Å². The first-order valence-corrected chi connectivity index (χ1v) is 6.43. The Morgan fingerprint density at radius 3 is 2.29 bits per heavy atom. The zero-order valence-electron chi connectivity index (χ0n) is 11.7. The van der Waals surface area contributed by atoms with Crippen molar-refractivity contribution in [3.05, 3.63) is 48.5 Å². The normalized spacial score (nSPS) is 10.4. The number of rotatable bonds is 4. The summed E-state index contributed by atoms with van der Waals surface area (Å²) in [4.78, 5) is 0. The molecule has 0 saturated heterocycles. The van der Waals surface area contributed by atoms with Gasteiger partial charge in [0.15, 0.2) is 11.5 Å². The third kappa shape index (κ3) is 2.45. The number of benzene rings is 2. The minimum Gasteiger partial charge on any atom is -0.493 e. The van der Waals surface area contributed by atoms with Crippen LogP contribution in [0.2, 0.25) is 0 Å². The Morgan fingerprint density at radius 1 is 0.810 bits per heavy atom. The van der Waals surface area contributed by atoms with Crippen molar-refractivity contribution in [1.82, 2.24) is 10.2 Å². The van der Waals surface area contributed by atoms with E-state index in [1.807, 2.05) is 48.5 Å². The molecule has 0 aliphatic carbocycles. The van der Waals surface area contributed by atoms with Crippen molar-refractivity contribution < 1.29 is 13.9 Å². The van der Waals surface area contributed by atoms with E-state index in [1.165, 1.54) is 0 Å². The minimum atomic E-state index is 0.393. The van der Waals surface area contributed by atoms with Crippen LogP contribution >= 0.6 is 0 Å². The number of ether oxygens (including phenoxy) is 2. The predicted molar refractivity (Wildman–Crippen MR) is 78.3 cm³/mol. The summed E-state index contributed by atoms with van der Waals surface area (Å²) in [7, 11) is 3.17. The van der Waals surface area contributed by atoms with E-state index >= 15 is 0 Å². The van der Waals surface area contributed by atoms with E-state index in [0.717, 1.165) is 5.56 Å². The van der Waals surface area contributed by atoms with Gasteiger partial charge < -0.3 is 13.9 Å². The molecule has 1 heterocycles. The van der Waals surface area contributed by atoms with Crippen molar-refractivity contribution in [2.45, 2.75) is 0 Å². The molecule has 21 heavy (non-hydrogen) atoms. The van der Waals surface area contributed by atoms with Gasteiger partial charge in [-0.2, -0.15) is 0 Å². The summed E-state index contributed by atoms with van der Waals surface area (Å²) in [5, 5.41) is 8.18. The monoisotopic (exact) mass is 282 g/mol. The first-order chi connectivity index (χ1) is 10.3. The van der Waals surface area contributed by atoms with Gasteiger partial charge in [0.25, 0.3) is 5.89 Å². The van der Waals surface area contributed by atoms with Crippen molar-refractivity contribution in [2.24, 2.45) is 0 Å². The van der Waals surface area contributed by atoms with Gasteiger partial charge in [-0.25, -0.2) is 0 Å². The molecule has 2 aromatic carbocycles. The summed E-state index contributed by atoms with van der Waals surface area (Å²) in [6.45, 7) is 0. The van der Waals surface area contributed by atoms with Gasteiger partial charge in [0.05, 0.1) is 19.8 Å². The highest BCUT2D eigenvalue weighted by molar-refractivity contribution is 5.68. The highest BCUT2D eigenvalue weighted by atomic mass is 16.5. The molecule has 3 aromatic rings. The first-order valence-electron chi connectivity index (χ1n) is 6.43. The molecule has 5 nitrogen and oxygen atoms in total. The smallest absolute Gasteiger partial charge is 0.252 e. The molecule has 0 spiro atoms. The molecule has 0 aliphatic rings. The van der Waals surface area contributed by atoms with E-state index in [-0.39, 0.29) is 0 Å². The molecule has 0 amide bonds. The van der Waals surface area contributed by atoms with Gasteiger partial charge in [-0.15, -0.1) is 10.2 Å². The van der Waals surface area contributed by atoms with Crippen LogP contribution in [-0.4, -0.2) is 24.4 Å². The number of hydrogen-bond acceptors (Lipinski definition) is 5. The van der Waals surface area contributed by atoms with Gasteiger partial charge >= 0.3 is 0 Å². The van der Waals surface area contributed by atoms with Crippen LogP contribution in [0.4, 0.5) is 0 Å². The fraction of sp³-hybridized carbons (Fsp3) is 0.125. The van der Waals surface area contributed by atoms with E-state index in [4.69, 9.17) is 13.9 Å². The van der Waals surface area contributed by atoms with Gasteiger partial charge in [0.1, 0.15) is 0 Å². The lowest BCUT2D eigenvalue weighted by atomic mass is 10.2. The zero-order valence-corrected chi connectivity index (χ0v) is 11.7. The Bertz CT molecular complexity index is 738. The molecule has 3 rings (SSSR count). The summed E-state index contributed by atoms with van der Waals surface area (Å²) in [5.74, 6) is 2.05. The van der Waals surface area contributed by atoms with Gasteiger partial charge in [-0.1, -0.05) is 24.3 Å². The molecule has 0 bridgehead atoms. The van der Waals surface area contributed by atoms with Crippen molar-refractivity contribution in [3.8, 4) is 34.4 Å². The van der Waals surface area contributed by atoms with E-state index in [0.29, 0.717) is 28.8 Å². The van der Waals surface area contributed by atoms with Crippen molar-refractivity contribution in [1.29, 1.82) is 0 Å². The van der Waals surface area contributed by atoms with Crippen LogP contribution in [-0.2, 0) is 0 Å². The Kier molecular flexibility index (Phi) is 3.55. The molecule has 5 heteroatoms. The minimum absolute atomic E-state index is 0.393. The van der Waals surface area contributed by atoms with Crippen molar-refractivity contribution in [3.63, 3.8) is 0 Å². The van der Waals surface area contributed by atoms with Gasteiger partial charge in [0, 0.05) is 5.56 Å². The number of para-hydroxylation sites is 1. The summed E-state index contributed by atoms with van der Waals surface area (Å²) in [6.07, 6.45) is 0. The Balaban J connectivity index is 2.05. The largest absolute Gasteiger partial charge is 0.493 e. The van der Waals surface area contributed by atoms with E-state index in [2.05, 4.69) is 10.2 Å². The molecule has 0 unspecified atom stereocenters. The molecular weight excluding hydrogens is 268 g/mol. The average molecular weight is 282 g/mol. The molecule has 0 atom stereocenters. The van der Waals surface area contributed by atoms with Crippen LogP contribution in [0.25, 0.3) is 22.9 Å². The highest BCUT2D eigenvalue weighted by Gasteiger charge is 2.17. The summed E-state index contributed by atoms with van der Waals surface area (Å²) in [6, 6.07) is 15.1. The molecule has 0 radical (unpaired) electrons. The van der Waals surface area contributed by atoms with Crippen LogP contribution in [0.3, 0.4) is 0 Å². The molecule has 0 saturated carbocycles. The topological polar surface area (TPSA) is 57.4 Å². The van der Waals surface area contributed by atoms with Crippen LogP contribution in [0, 0.1) is 0 Å². The lowest BCUT2D eigenvalue weighted by Crippen LogP contribution is -1.93. The zero-order chi connectivity index (χ0) is 14.7. The molecule has 1 aromatic heterocycles. The second-order valence-corrected chi connectivity index (χ2v) is 4.32. The fourth-order valence-electron chi connectivity index (χ4n) is 2.08. The lowest BCUT2D eigenvalue weighted by Gasteiger charge is -2.09. The number of nitrogens with zero attached hydrogens (tertiary/aromatic N) is 2. The molecule has 106 valence electrons. The fourth-order valence-corrected chi connectivity index (χ4v) is 2.08. The Morgan fingerprint density at radius 2 is 1.57 bits per heavy atom. The predicted octanol–water partition coefficient (Wildman–Crippen LogP) is 3.42. The number of hydrogen-bond donors (Lipinski definition) is 0. The van der Waals surface area contributed by atoms with Gasteiger partial charge in [-0.3, -0.25) is 0 Å². The Hall–Kier alpha value is -2.82. The Labute approximate surface area is 122 Å². The maximum Gasteiger partial charge on any atom is 0.252 e. The van der Waals surface area contributed by atoms with Gasteiger partial charge in [-0.05, 0) is 24.3 Å². The number of aromatic nitrogens is 2. The SMILES string of the molecule is COc1cccc(-c2nnc(-c3ccccc3)o2)c1OC. The van der Waals surface area contributed by atoms with Crippen LogP contribution in [0.1, 0.15) is 0 Å². The molecule has 0 aliphatic heterocycles. The van der Waals surface area contributed by atoms with Crippen LogP contribution in [0.5, 0.6) is 11.5 Å². The molecule has 0 N–H and O–H groups in total. The second-order valence-electron chi connectivity index (χ2n) is 4.32. The van der Waals surface area contributed by atoms with Crippen molar-refractivity contribution >= 4 is 0 Å². The average Bonchev–Trinajstić information content (AvgIpc) is 3.04. The van der Waals surface area contributed by atoms with Crippen LogP contribution < -0.4 is 9.47 Å². The highest BCUT2D eigenvalue weighted by Crippen LogP contribution is 2.37. The maximum absolute atomic E-state index is 5.74. The van der Waals surface area contributed by atoms with Crippen molar-refractivity contribution in [2.75, 3.05) is 14.2 Å². The summed E-state index contributed by atoms with van der Waals surface area (Å²) < 4.78 is 16.4. The van der Waals surface area contributed by atoms with E-state index in [9.17, 15) is 0 Å². The molecular formula is C16H14N2O3. The number of methoxy groups -OCH3 is 2. The lowest BCUT2D eigenvalue weighted by molar-refractivity contribution is 0.355. The maximum atomic E-state index is 5.74. The third-order valence-corrected chi connectivity index (χ3v) is 3.08. The summed E-state index contributed by atoms with van der Waals surface area (Å²) >= 11 is 0. The molecule has 0 fully saturated rings. The van der Waals surface area contributed by atoms with Crippen LogP contribution in [0.15, 0.2) is 52.9 Å².